The van der Waals surface area contributed by atoms with Crippen LogP contribution in [0.5, 0.6) is 0 Å². The first-order valence-electron chi connectivity index (χ1n) is 7.29. The van der Waals surface area contributed by atoms with E-state index in [2.05, 4.69) is 87.5 Å². The van der Waals surface area contributed by atoms with Crippen LogP contribution in [-0.4, -0.2) is 11.1 Å². The van der Waals surface area contributed by atoms with Gasteiger partial charge in [-0.3, -0.25) is 0 Å². The highest BCUT2D eigenvalue weighted by atomic mass is 79.9. The molecule has 0 unspecified atom stereocenters. The first kappa shape index (κ1) is 14.4. The van der Waals surface area contributed by atoms with E-state index < -0.39 is 0 Å². The maximum atomic E-state index is 3.48. The van der Waals surface area contributed by atoms with Crippen LogP contribution in [0.25, 0.3) is 10.9 Å². The van der Waals surface area contributed by atoms with Crippen LogP contribution in [0.15, 0.2) is 59.2 Å². The van der Waals surface area contributed by atoms with Gasteiger partial charge in [-0.1, -0.05) is 41.1 Å². The number of nitrogens with zero attached hydrogens (tertiary/aromatic N) is 1. The van der Waals surface area contributed by atoms with Gasteiger partial charge in [0.2, 0.25) is 0 Å². The van der Waals surface area contributed by atoms with Crippen molar-refractivity contribution >= 4 is 26.8 Å². The molecule has 0 spiro atoms. The van der Waals surface area contributed by atoms with Gasteiger partial charge in [-0.05, 0) is 53.4 Å². The van der Waals surface area contributed by atoms with Gasteiger partial charge in [0.15, 0.2) is 0 Å². The average Bonchev–Trinajstić information content (AvgIpc) is 2.90. The molecule has 1 N–H and O–H groups in total. The molecular formula is C18H19BrN2. The summed E-state index contributed by atoms with van der Waals surface area (Å²) in [7, 11) is 0. The Morgan fingerprint density at radius 2 is 1.76 bits per heavy atom. The second-order valence-corrected chi connectivity index (χ2v) is 6.16. The van der Waals surface area contributed by atoms with Crippen molar-refractivity contribution in [1.82, 2.24) is 9.88 Å². The van der Waals surface area contributed by atoms with Crippen molar-refractivity contribution in [1.29, 1.82) is 0 Å². The Bertz CT molecular complexity index is 729. The van der Waals surface area contributed by atoms with Crippen LogP contribution in [0.3, 0.4) is 0 Å². The van der Waals surface area contributed by atoms with E-state index in [1.165, 1.54) is 22.0 Å². The summed E-state index contributed by atoms with van der Waals surface area (Å²) in [6.07, 6.45) is 2.17. The minimum atomic E-state index is 0.906. The predicted octanol–water partition coefficient (Wildman–Crippen LogP) is 4.56. The Balaban J connectivity index is 1.84. The van der Waals surface area contributed by atoms with Crippen LogP contribution < -0.4 is 5.32 Å². The van der Waals surface area contributed by atoms with Crippen molar-refractivity contribution in [3.8, 4) is 0 Å². The Kier molecular flexibility index (Phi) is 4.42. The molecule has 1 heterocycles. The summed E-state index contributed by atoms with van der Waals surface area (Å²) in [6.45, 7) is 4.98. The van der Waals surface area contributed by atoms with Gasteiger partial charge in [0.05, 0.1) is 0 Å². The molecule has 0 aliphatic carbocycles. The SMILES string of the molecule is CCNCc1ccc2c(ccn2Cc2ccc(Br)cc2)c1. The number of benzene rings is 2. The van der Waals surface area contributed by atoms with Gasteiger partial charge in [0.25, 0.3) is 0 Å². The summed E-state index contributed by atoms with van der Waals surface area (Å²) < 4.78 is 3.42. The van der Waals surface area contributed by atoms with Crippen molar-refractivity contribution in [3.05, 3.63) is 70.3 Å². The molecule has 3 heteroatoms. The summed E-state index contributed by atoms with van der Waals surface area (Å²) in [5, 5.41) is 4.68. The van der Waals surface area contributed by atoms with E-state index in [9.17, 15) is 0 Å². The largest absolute Gasteiger partial charge is 0.343 e. The van der Waals surface area contributed by atoms with Gasteiger partial charge in [-0.25, -0.2) is 0 Å². The standard InChI is InChI=1S/C18H19BrN2/c1-2-20-12-15-5-8-18-16(11-15)9-10-21(18)13-14-3-6-17(19)7-4-14/h3-11,20H,2,12-13H2,1H3. The third-order valence-electron chi connectivity index (χ3n) is 3.68. The van der Waals surface area contributed by atoms with E-state index in [0.29, 0.717) is 0 Å². The van der Waals surface area contributed by atoms with E-state index in [-0.39, 0.29) is 0 Å². The molecule has 1 aromatic heterocycles. The lowest BCUT2D eigenvalue weighted by Crippen LogP contribution is -2.11. The molecule has 0 radical (unpaired) electrons. The fourth-order valence-corrected chi connectivity index (χ4v) is 2.82. The van der Waals surface area contributed by atoms with E-state index in [1.54, 1.807) is 0 Å². The number of aromatic nitrogens is 1. The zero-order chi connectivity index (χ0) is 14.7. The molecule has 0 bridgehead atoms. The monoisotopic (exact) mass is 342 g/mol. The molecule has 0 atom stereocenters. The molecular weight excluding hydrogens is 324 g/mol. The van der Waals surface area contributed by atoms with Crippen molar-refractivity contribution in [2.24, 2.45) is 0 Å². The summed E-state index contributed by atoms with van der Waals surface area (Å²) in [5.41, 5.74) is 3.94. The first-order chi connectivity index (χ1) is 10.3. The number of rotatable bonds is 5. The third-order valence-corrected chi connectivity index (χ3v) is 4.21. The number of halogens is 1. The summed E-state index contributed by atoms with van der Waals surface area (Å²) >= 11 is 3.48. The number of hydrogen-bond acceptors (Lipinski definition) is 1. The zero-order valence-electron chi connectivity index (χ0n) is 12.1. The molecule has 2 nitrogen and oxygen atoms in total. The maximum Gasteiger partial charge on any atom is 0.0483 e. The molecule has 0 fully saturated rings. The molecule has 0 saturated heterocycles. The van der Waals surface area contributed by atoms with Gasteiger partial charge < -0.3 is 9.88 Å². The predicted molar refractivity (Wildman–Crippen MR) is 92.6 cm³/mol. The Morgan fingerprint density at radius 1 is 1.00 bits per heavy atom. The number of hydrogen-bond donors (Lipinski definition) is 1. The average molecular weight is 343 g/mol. The van der Waals surface area contributed by atoms with Crippen LogP contribution in [0.4, 0.5) is 0 Å². The smallest absolute Gasteiger partial charge is 0.0483 e. The summed E-state index contributed by atoms with van der Waals surface area (Å²) in [6, 6.07) is 17.4. The van der Waals surface area contributed by atoms with Crippen molar-refractivity contribution in [2.45, 2.75) is 20.0 Å². The lowest BCUT2D eigenvalue weighted by molar-refractivity contribution is 0.727. The van der Waals surface area contributed by atoms with Gasteiger partial charge >= 0.3 is 0 Å². The molecule has 0 aliphatic rings. The summed E-state index contributed by atoms with van der Waals surface area (Å²) in [4.78, 5) is 0. The molecule has 0 amide bonds. The van der Waals surface area contributed by atoms with Crippen molar-refractivity contribution in [3.63, 3.8) is 0 Å². The van der Waals surface area contributed by atoms with E-state index in [4.69, 9.17) is 0 Å². The lowest BCUT2D eigenvalue weighted by Gasteiger charge is -2.07. The minimum absolute atomic E-state index is 0.906. The fraction of sp³-hybridized carbons (Fsp3) is 0.222. The minimum Gasteiger partial charge on any atom is -0.343 e. The van der Waals surface area contributed by atoms with Crippen LogP contribution >= 0.6 is 15.9 Å². The van der Waals surface area contributed by atoms with Crippen LogP contribution in [0.1, 0.15) is 18.1 Å². The van der Waals surface area contributed by atoms with E-state index >= 15 is 0 Å². The number of fused-ring (bicyclic) bond motifs is 1. The highest BCUT2D eigenvalue weighted by molar-refractivity contribution is 9.10. The Morgan fingerprint density at radius 3 is 2.52 bits per heavy atom. The second-order valence-electron chi connectivity index (χ2n) is 5.24. The van der Waals surface area contributed by atoms with Crippen molar-refractivity contribution < 1.29 is 0 Å². The molecule has 2 aromatic carbocycles. The quantitative estimate of drug-likeness (QED) is 0.719. The molecule has 0 saturated carbocycles. The lowest BCUT2D eigenvalue weighted by atomic mass is 10.1. The molecule has 108 valence electrons. The van der Waals surface area contributed by atoms with Crippen LogP contribution in [0.2, 0.25) is 0 Å². The van der Waals surface area contributed by atoms with Crippen LogP contribution in [-0.2, 0) is 13.1 Å². The normalized spacial score (nSPS) is 11.1. The third kappa shape index (κ3) is 3.36. The molecule has 3 rings (SSSR count). The highest BCUT2D eigenvalue weighted by Gasteiger charge is 2.03. The molecule has 3 aromatic rings. The topological polar surface area (TPSA) is 17.0 Å². The molecule has 21 heavy (non-hydrogen) atoms. The fourth-order valence-electron chi connectivity index (χ4n) is 2.55. The van der Waals surface area contributed by atoms with Crippen molar-refractivity contribution in [2.75, 3.05) is 6.54 Å². The zero-order valence-corrected chi connectivity index (χ0v) is 13.7. The molecule has 0 aliphatic heterocycles. The summed E-state index contributed by atoms with van der Waals surface area (Å²) in [5.74, 6) is 0. The Hall–Kier alpha value is -1.58. The second kappa shape index (κ2) is 6.46. The van der Waals surface area contributed by atoms with Gasteiger partial charge in [0.1, 0.15) is 0 Å². The van der Waals surface area contributed by atoms with Gasteiger partial charge in [0, 0.05) is 29.3 Å². The number of nitrogens with one attached hydrogen (secondary N) is 1. The van der Waals surface area contributed by atoms with Crippen LogP contribution in [0, 0.1) is 0 Å². The van der Waals surface area contributed by atoms with E-state index in [0.717, 1.165) is 24.1 Å². The van der Waals surface area contributed by atoms with Gasteiger partial charge in [-0.2, -0.15) is 0 Å². The van der Waals surface area contributed by atoms with Gasteiger partial charge in [-0.15, -0.1) is 0 Å². The first-order valence-corrected chi connectivity index (χ1v) is 8.08. The maximum absolute atomic E-state index is 3.48. The highest BCUT2D eigenvalue weighted by Crippen LogP contribution is 2.20. The van der Waals surface area contributed by atoms with E-state index in [1.807, 2.05) is 0 Å². The Labute approximate surface area is 133 Å².